The standard InChI is InChI=1S/C5H8N2O2S2/c1-3-5(11(6,8)9)4(2)10-7-3/h1-2H3,(H2,6,8,9). The van der Waals surface area contributed by atoms with Crippen LogP contribution in [-0.4, -0.2) is 12.8 Å². The monoisotopic (exact) mass is 192 g/mol. The molecule has 0 spiro atoms. The Morgan fingerprint density at radius 3 is 2.18 bits per heavy atom. The van der Waals surface area contributed by atoms with Gasteiger partial charge in [0.1, 0.15) is 4.90 Å². The molecular formula is C5H8N2O2S2. The Labute approximate surface area is 69.3 Å². The summed E-state index contributed by atoms with van der Waals surface area (Å²) in [5, 5.41) is 4.94. The van der Waals surface area contributed by atoms with E-state index in [1.165, 1.54) is 0 Å². The lowest BCUT2D eigenvalue weighted by Gasteiger charge is -1.94. The molecular weight excluding hydrogens is 184 g/mol. The summed E-state index contributed by atoms with van der Waals surface area (Å²) in [6.07, 6.45) is 0. The Morgan fingerprint density at radius 1 is 1.45 bits per heavy atom. The average Bonchev–Trinajstić information content (AvgIpc) is 2.08. The molecule has 1 aromatic rings. The molecule has 6 heteroatoms. The molecule has 2 N–H and O–H groups in total. The third-order valence-electron chi connectivity index (χ3n) is 1.25. The number of hydrogen-bond donors (Lipinski definition) is 1. The van der Waals surface area contributed by atoms with Gasteiger partial charge in [-0.1, -0.05) is 0 Å². The number of nitrogens with zero attached hydrogens (tertiary/aromatic N) is 1. The zero-order valence-corrected chi connectivity index (χ0v) is 7.79. The van der Waals surface area contributed by atoms with E-state index in [4.69, 9.17) is 5.14 Å². The average molecular weight is 192 g/mol. The number of aryl methyl sites for hydroxylation is 2. The van der Waals surface area contributed by atoms with Crippen LogP contribution < -0.4 is 5.14 Å². The van der Waals surface area contributed by atoms with Crippen LogP contribution in [0.25, 0.3) is 0 Å². The van der Waals surface area contributed by atoms with Gasteiger partial charge in [0.15, 0.2) is 0 Å². The van der Waals surface area contributed by atoms with Gasteiger partial charge in [0.05, 0.1) is 5.69 Å². The van der Waals surface area contributed by atoms with Crippen LogP contribution in [0.2, 0.25) is 0 Å². The molecule has 1 heterocycles. The fourth-order valence-electron chi connectivity index (χ4n) is 0.881. The predicted molar refractivity (Wildman–Crippen MR) is 43.0 cm³/mol. The van der Waals surface area contributed by atoms with Crippen molar-refractivity contribution in [2.24, 2.45) is 5.14 Å². The van der Waals surface area contributed by atoms with Gasteiger partial charge in [-0.2, -0.15) is 4.37 Å². The number of primary sulfonamides is 1. The second-order valence-corrected chi connectivity index (χ2v) is 4.67. The first-order chi connectivity index (χ1) is 4.93. The zero-order valence-electron chi connectivity index (χ0n) is 6.16. The van der Waals surface area contributed by atoms with Crippen molar-refractivity contribution in [2.45, 2.75) is 18.7 Å². The summed E-state index contributed by atoms with van der Waals surface area (Å²) in [7, 11) is -3.57. The Bertz CT molecular complexity index is 346. The Balaban J connectivity index is 3.45. The van der Waals surface area contributed by atoms with Gasteiger partial charge in [0.25, 0.3) is 0 Å². The van der Waals surface area contributed by atoms with Crippen molar-refractivity contribution < 1.29 is 8.42 Å². The van der Waals surface area contributed by atoms with Crippen LogP contribution in [0, 0.1) is 13.8 Å². The molecule has 11 heavy (non-hydrogen) atoms. The quantitative estimate of drug-likeness (QED) is 0.700. The lowest BCUT2D eigenvalue weighted by molar-refractivity contribution is 0.597. The molecule has 0 saturated heterocycles. The van der Waals surface area contributed by atoms with Crippen molar-refractivity contribution in [3.63, 3.8) is 0 Å². The molecule has 0 atom stereocenters. The number of rotatable bonds is 1. The topological polar surface area (TPSA) is 73.0 Å². The van der Waals surface area contributed by atoms with Crippen LogP contribution in [0.4, 0.5) is 0 Å². The van der Waals surface area contributed by atoms with Crippen LogP contribution >= 0.6 is 11.5 Å². The summed E-state index contributed by atoms with van der Waals surface area (Å²) < 4.78 is 25.6. The van der Waals surface area contributed by atoms with Crippen LogP contribution in [0.15, 0.2) is 4.90 Å². The zero-order chi connectivity index (χ0) is 8.65. The van der Waals surface area contributed by atoms with Gasteiger partial charge in [-0.3, -0.25) is 0 Å². The van der Waals surface area contributed by atoms with E-state index >= 15 is 0 Å². The number of nitrogens with two attached hydrogens (primary N) is 1. The highest BCUT2D eigenvalue weighted by molar-refractivity contribution is 7.89. The SMILES string of the molecule is Cc1nsc(C)c1S(N)(=O)=O. The maximum Gasteiger partial charge on any atom is 0.241 e. The van der Waals surface area contributed by atoms with Gasteiger partial charge < -0.3 is 0 Å². The predicted octanol–water partition coefficient (Wildman–Crippen LogP) is 0.407. The summed E-state index contributed by atoms with van der Waals surface area (Å²) in [5.74, 6) is 0. The Kier molecular flexibility index (Phi) is 2.00. The van der Waals surface area contributed by atoms with E-state index in [9.17, 15) is 8.42 Å². The maximum atomic E-state index is 10.9. The molecule has 62 valence electrons. The Morgan fingerprint density at radius 2 is 2.00 bits per heavy atom. The van der Waals surface area contributed by atoms with Gasteiger partial charge in [0, 0.05) is 4.88 Å². The van der Waals surface area contributed by atoms with Gasteiger partial charge in [-0.15, -0.1) is 0 Å². The third-order valence-corrected chi connectivity index (χ3v) is 3.40. The molecule has 0 aromatic carbocycles. The van der Waals surface area contributed by atoms with Crippen LogP contribution in [-0.2, 0) is 10.0 Å². The normalized spacial score (nSPS) is 11.9. The van der Waals surface area contributed by atoms with E-state index in [0.717, 1.165) is 11.5 Å². The highest BCUT2D eigenvalue weighted by Crippen LogP contribution is 2.20. The number of aromatic nitrogens is 1. The largest absolute Gasteiger partial charge is 0.241 e. The fourth-order valence-corrected chi connectivity index (χ4v) is 2.85. The minimum Gasteiger partial charge on any atom is -0.225 e. The van der Waals surface area contributed by atoms with Crippen LogP contribution in [0.3, 0.4) is 0 Å². The number of hydrogen-bond acceptors (Lipinski definition) is 4. The summed E-state index contributed by atoms with van der Waals surface area (Å²) in [6.45, 7) is 3.31. The highest BCUT2D eigenvalue weighted by atomic mass is 32.2. The lowest BCUT2D eigenvalue weighted by Crippen LogP contribution is -2.13. The first-order valence-electron chi connectivity index (χ1n) is 2.88. The lowest BCUT2D eigenvalue weighted by atomic mass is 10.4. The first-order valence-corrected chi connectivity index (χ1v) is 5.20. The minimum absolute atomic E-state index is 0.169. The summed E-state index contributed by atoms with van der Waals surface area (Å²) in [4.78, 5) is 0.813. The maximum absolute atomic E-state index is 10.9. The van der Waals surface area contributed by atoms with Crippen molar-refractivity contribution in [1.29, 1.82) is 0 Å². The smallest absolute Gasteiger partial charge is 0.225 e. The molecule has 0 unspecified atom stereocenters. The summed E-state index contributed by atoms with van der Waals surface area (Å²) >= 11 is 1.15. The molecule has 0 aliphatic carbocycles. The van der Waals surface area contributed by atoms with Gasteiger partial charge in [0.2, 0.25) is 10.0 Å². The van der Waals surface area contributed by atoms with E-state index in [1.807, 2.05) is 0 Å². The van der Waals surface area contributed by atoms with E-state index < -0.39 is 10.0 Å². The van der Waals surface area contributed by atoms with Gasteiger partial charge >= 0.3 is 0 Å². The van der Waals surface area contributed by atoms with E-state index in [0.29, 0.717) is 10.6 Å². The van der Waals surface area contributed by atoms with Crippen molar-refractivity contribution in [3.05, 3.63) is 10.6 Å². The molecule has 0 radical (unpaired) electrons. The third kappa shape index (κ3) is 1.58. The molecule has 0 fully saturated rings. The molecule has 0 bridgehead atoms. The fraction of sp³-hybridized carbons (Fsp3) is 0.400. The van der Waals surface area contributed by atoms with Crippen molar-refractivity contribution in [2.75, 3.05) is 0 Å². The minimum atomic E-state index is -3.57. The van der Waals surface area contributed by atoms with Gasteiger partial charge in [-0.25, -0.2) is 13.6 Å². The highest BCUT2D eigenvalue weighted by Gasteiger charge is 2.17. The van der Waals surface area contributed by atoms with Crippen molar-refractivity contribution in [3.8, 4) is 0 Å². The van der Waals surface area contributed by atoms with Crippen molar-refractivity contribution in [1.82, 2.24) is 4.37 Å². The molecule has 0 amide bonds. The first kappa shape index (κ1) is 8.63. The second-order valence-electron chi connectivity index (χ2n) is 2.20. The second kappa shape index (κ2) is 2.54. The van der Waals surface area contributed by atoms with Crippen LogP contribution in [0.1, 0.15) is 10.6 Å². The summed E-state index contributed by atoms with van der Waals surface area (Å²) in [5.41, 5.74) is 0.481. The molecule has 1 rings (SSSR count). The van der Waals surface area contributed by atoms with E-state index in [2.05, 4.69) is 4.37 Å². The van der Waals surface area contributed by atoms with E-state index in [-0.39, 0.29) is 4.90 Å². The molecule has 1 aromatic heterocycles. The number of sulfonamides is 1. The molecule has 0 aliphatic rings. The van der Waals surface area contributed by atoms with E-state index in [1.54, 1.807) is 13.8 Å². The van der Waals surface area contributed by atoms with Crippen LogP contribution in [0.5, 0.6) is 0 Å². The summed E-state index contributed by atoms with van der Waals surface area (Å²) in [6, 6.07) is 0. The Hall–Kier alpha value is -0.460. The molecule has 0 aliphatic heterocycles. The molecule has 4 nitrogen and oxygen atoms in total. The van der Waals surface area contributed by atoms with Crippen molar-refractivity contribution >= 4 is 21.6 Å². The van der Waals surface area contributed by atoms with Gasteiger partial charge in [-0.05, 0) is 25.4 Å². The molecule has 0 saturated carbocycles.